The largest absolute Gasteiger partial charge is 0.457 e. The summed E-state index contributed by atoms with van der Waals surface area (Å²) in [6, 6.07) is 13.9. The van der Waals surface area contributed by atoms with Crippen LogP contribution in [0.1, 0.15) is 41.6 Å². The molecule has 1 atom stereocenters. The molecule has 2 N–H and O–H groups in total. The molecular formula is C29H30ClN5O6S. The molecule has 0 saturated carbocycles. The number of carbonyl (C=O) groups excluding carboxylic acids is 2. The van der Waals surface area contributed by atoms with Gasteiger partial charge in [0.1, 0.15) is 35.9 Å². The third-order valence-electron chi connectivity index (χ3n) is 6.98. The highest BCUT2D eigenvalue weighted by molar-refractivity contribution is 7.86. The lowest BCUT2D eigenvalue weighted by molar-refractivity contribution is -0.135. The number of nitrogens with zero attached hydrogens (tertiary/aromatic N) is 3. The minimum absolute atomic E-state index is 0.224. The zero-order valence-corrected chi connectivity index (χ0v) is 24.5. The van der Waals surface area contributed by atoms with Gasteiger partial charge in [-0.2, -0.15) is 8.42 Å². The smallest absolute Gasteiger partial charge is 0.264 e. The lowest BCUT2D eigenvalue weighted by Crippen LogP contribution is -2.45. The molecule has 1 fully saturated rings. The first kappa shape index (κ1) is 29.5. The van der Waals surface area contributed by atoms with Crippen LogP contribution in [-0.2, 0) is 19.1 Å². The maximum Gasteiger partial charge on any atom is 0.264 e. The molecule has 4 aromatic rings. The number of likely N-dealkylation sites (tertiary alicyclic amines) is 1. The van der Waals surface area contributed by atoms with Crippen molar-refractivity contribution in [3.8, 4) is 11.5 Å². The molecule has 11 nitrogen and oxygen atoms in total. The van der Waals surface area contributed by atoms with Gasteiger partial charge in [0.15, 0.2) is 5.78 Å². The zero-order chi connectivity index (χ0) is 29.7. The lowest BCUT2D eigenvalue weighted by Gasteiger charge is -2.30. The first-order valence-corrected chi connectivity index (χ1v) is 15.7. The summed E-state index contributed by atoms with van der Waals surface area (Å²) in [6.45, 7) is 0.287. The van der Waals surface area contributed by atoms with Gasteiger partial charge in [0.2, 0.25) is 5.91 Å². The van der Waals surface area contributed by atoms with E-state index >= 15 is 0 Å². The topological polar surface area (TPSA) is 144 Å². The molecule has 0 bridgehead atoms. The molecule has 220 valence electrons. The Kier molecular flexibility index (Phi) is 9.05. The average Bonchev–Trinajstić information content (AvgIpc) is 3.26. The van der Waals surface area contributed by atoms with Crippen molar-refractivity contribution < 1.29 is 26.9 Å². The van der Waals surface area contributed by atoms with Gasteiger partial charge in [-0.25, -0.2) is 9.97 Å². The summed E-state index contributed by atoms with van der Waals surface area (Å²) >= 11 is 6.53. The molecule has 1 aliphatic rings. The molecule has 1 amide bonds. The number of hydrogen-bond acceptors (Lipinski definition) is 9. The minimum atomic E-state index is -3.75. The molecule has 2 aromatic heterocycles. The van der Waals surface area contributed by atoms with Crippen LogP contribution in [0.15, 0.2) is 61.1 Å². The monoisotopic (exact) mass is 611 g/mol. The summed E-state index contributed by atoms with van der Waals surface area (Å²) in [4.78, 5) is 39.9. The summed E-state index contributed by atoms with van der Waals surface area (Å²) < 4.78 is 33.4. The Bertz CT molecular complexity index is 1700. The molecule has 3 heterocycles. The highest BCUT2D eigenvalue weighted by Crippen LogP contribution is 2.31. The maximum absolute atomic E-state index is 13.7. The summed E-state index contributed by atoms with van der Waals surface area (Å²) in [7, 11) is -3.75. The first-order chi connectivity index (χ1) is 20.2. The molecule has 0 radical (unpaired) electrons. The van der Waals surface area contributed by atoms with E-state index in [9.17, 15) is 18.0 Å². The van der Waals surface area contributed by atoms with Crippen LogP contribution in [0.4, 0.5) is 5.82 Å². The predicted molar refractivity (Wildman–Crippen MR) is 159 cm³/mol. The highest BCUT2D eigenvalue weighted by Gasteiger charge is 2.27. The molecule has 1 saturated heterocycles. The van der Waals surface area contributed by atoms with Crippen molar-refractivity contribution in [2.75, 3.05) is 31.3 Å². The van der Waals surface area contributed by atoms with Crippen LogP contribution in [0, 0.1) is 0 Å². The Hall–Kier alpha value is -4.00. The van der Waals surface area contributed by atoms with Gasteiger partial charge in [0.05, 0.1) is 22.2 Å². The van der Waals surface area contributed by atoms with Gasteiger partial charge in [-0.05, 0) is 37.1 Å². The number of hydrogen-bond donors (Lipinski definition) is 2. The number of aromatic nitrogens is 3. The summed E-state index contributed by atoms with van der Waals surface area (Å²) in [5.41, 5.74) is 1.09. The molecule has 2 aromatic carbocycles. The fourth-order valence-corrected chi connectivity index (χ4v) is 5.53. The number of ketones is 1. The number of nitrogens with one attached hydrogen (secondary N) is 2. The lowest BCUT2D eigenvalue weighted by atomic mass is 10.0. The predicted octanol–water partition coefficient (Wildman–Crippen LogP) is 4.79. The van der Waals surface area contributed by atoms with Crippen molar-refractivity contribution in [1.82, 2.24) is 19.9 Å². The molecule has 42 heavy (non-hydrogen) atoms. The van der Waals surface area contributed by atoms with Crippen LogP contribution in [0.3, 0.4) is 0 Å². The van der Waals surface area contributed by atoms with Gasteiger partial charge in [-0.3, -0.25) is 13.8 Å². The molecule has 13 heteroatoms. The van der Waals surface area contributed by atoms with Crippen molar-refractivity contribution in [2.24, 2.45) is 0 Å². The summed E-state index contributed by atoms with van der Waals surface area (Å²) in [5, 5.41) is 4.03. The zero-order valence-electron chi connectivity index (χ0n) is 22.9. The van der Waals surface area contributed by atoms with Gasteiger partial charge in [0, 0.05) is 37.0 Å². The number of para-hydroxylation sites is 1. The van der Waals surface area contributed by atoms with E-state index in [1.54, 1.807) is 29.3 Å². The molecule has 1 aliphatic heterocycles. The second kappa shape index (κ2) is 12.9. The normalized spacial score (nSPS) is 15.8. The van der Waals surface area contributed by atoms with E-state index in [1.807, 2.05) is 30.3 Å². The summed E-state index contributed by atoms with van der Waals surface area (Å²) in [5.74, 6) is 0.855. The van der Waals surface area contributed by atoms with Crippen molar-refractivity contribution in [3.05, 3.63) is 77.2 Å². The minimum Gasteiger partial charge on any atom is -0.457 e. The maximum atomic E-state index is 13.7. The Balaban J connectivity index is 1.35. The SMILES string of the molecule is CS(=O)(=O)OCC(=O)N1CCCCCC1CNc1ncnc2[nH]cc(C(=O)c3ccc(Oc4ccccc4)cc3Cl)c12. The number of fused-ring (bicyclic) bond motifs is 1. The average molecular weight is 612 g/mol. The molecular weight excluding hydrogens is 582 g/mol. The van der Waals surface area contributed by atoms with E-state index in [-0.39, 0.29) is 16.8 Å². The van der Waals surface area contributed by atoms with Gasteiger partial charge in [-0.15, -0.1) is 0 Å². The molecule has 1 unspecified atom stereocenters. The summed E-state index contributed by atoms with van der Waals surface area (Å²) in [6.07, 6.45) is 7.27. The van der Waals surface area contributed by atoms with E-state index in [1.165, 1.54) is 6.33 Å². The fraction of sp³-hybridized carbons (Fsp3) is 0.310. The number of ether oxygens (including phenoxy) is 1. The Labute approximate surface area is 248 Å². The van der Waals surface area contributed by atoms with Crippen LogP contribution in [0.5, 0.6) is 11.5 Å². The third-order valence-corrected chi connectivity index (χ3v) is 7.84. The van der Waals surface area contributed by atoms with E-state index in [2.05, 4.69) is 20.3 Å². The van der Waals surface area contributed by atoms with Crippen molar-refractivity contribution >= 4 is 50.3 Å². The molecule has 0 aliphatic carbocycles. The number of halogens is 1. The molecule has 5 rings (SSSR count). The van der Waals surface area contributed by atoms with Crippen LogP contribution >= 0.6 is 11.6 Å². The van der Waals surface area contributed by atoms with E-state index in [4.69, 9.17) is 20.5 Å². The first-order valence-electron chi connectivity index (χ1n) is 13.5. The number of carbonyl (C=O) groups is 2. The van der Waals surface area contributed by atoms with Crippen molar-refractivity contribution in [2.45, 2.75) is 31.7 Å². The van der Waals surface area contributed by atoms with E-state index in [0.717, 1.165) is 31.9 Å². The van der Waals surface area contributed by atoms with E-state index in [0.29, 0.717) is 52.6 Å². The van der Waals surface area contributed by atoms with Crippen LogP contribution in [-0.4, -0.2) is 72.0 Å². The third kappa shape index (κ3) is 7.07. The molecule has 0 spiro atoms. The number of amides is 1. The second-order valence-electron chi connectivity index (χ2n) is 9.97. The fourth-order valence-electron chi connectivity index (χ4n) is 4.96. The van der Waals surface area contributed by atoms with Crippen molar-refractivity contribution in [1.29, 1.82) is 0 Å². The van der Waals surface area contributed by atoms with Gasteiger partial charge in [-0.1, -0.05) is 42.6 Å². The van der Waals surface area contributed by atoms with Crippen LogP contribution < -0.4 is 10.1 Å². The van der Waals surface area contributed by atoms with Crippen LogP contribution in [0.2, 0.25) is 5.02 Å². The Morgan fingerprint density at radius 2 is 1.88 bits per heavy atom. The quantitative estimate of drug-likeness (QED) is 0.191. The Morgan fingerprint density at radius 3 is 2.64 bits per heavy atom. The van der Waals surface area contributed by atoms with E-state index < -0.39 is 22.6 Å². The number of benzene rings is 2. The second-order valence-corrected chi connectivity index (χ2v) is 12.0. The number of rotatable bonds is 10. The van der Waals surface area contributed by atoms with Crippen molar-refractivity contribution in [3.63, 3.8) is 0 Å². The Morgan fingerprint density at radius 1 is 1.07 bits per heavy atom. The number of H-pyrrole nitrogens is 1. The van der Waals surface area contributed by atoms with Gasteiger partial charge in [0.25, 0.3) is 10.1 Å². The van der Waals surface area contributed by atoms with Gasteiger partial charge >= 0.3 is 0 Å². The highest BCUT2D eigenvalue weighted by atomic mass is 35.5. The number of anilines is 1. The van der Waals surface area contributed by atoms with Gasteiger partial charge < -0.3 is 19.9 Å². The standard InChI is InChI=1S/C29H30ClN5O6S/c1-42(38,39)40-17-25(36)35-13-7-3-4-8-19(35)15-31-28-26-23(16-32-29(26)34-18-33-28)27(37)22-12-11-21(14-24(22)30)41-20-9-5-2-6-10-20/h2,5-6,9-12,14,16,18-19H,3-4,7-8,13,15,17H2,1H3,(H2,31,32,33,34). The number of aromatic amines is 1. The van der Waals surface area contributed by atoms with Crippen LogP contribution in [0.25, 0.3) is 11.0 Å².